The van der Waals surface area contributed by atoms with E-state index in [9.17, 15) is 28.8 Å². The van der Waals surface area contributed by atoms with Gasteiger partial charge in [-0.3, -0.25) is 19.2 Å². The Hall–Kier alpha value is -4.59. The third-order valence-corrected chi connectivity index (χ3v) is 8.88. The zero-order valence-electron chi connectivity index (χ0n) is 28.2. The van der Waals surface area contributed by atoms with E-state index in [-0.39, 0.29) is 43.8 Å². The monoisotopic (exact) mass is 697 g/mol. The van der Waals surface area contributed by atoms with E-state index in [2.05, 4.69) is 21.3 Å². The average Bonchev–Trinajstić information content (AvgIpc) is 3.38. The number of rotatable bonds is 20. The highest BCUT2D eigenvalue weighted by molar-refractivity contribution is 7.98. The molecule has 14 heteroatoms. The van der Waals surface area contributed by atoms with E-state index in [4.69, 9.17) is 9.47 Å². The maximum atomic E-state index is 13.7. The number of methoxy groups -OCH3 is 1. The number of alkyl carbamates (subject to hydrolysis) is 1. The molecule has 1 heterocycles. The van der Waals surface area contributed by atoms with Crippen molar-refractivity contribution in [2.45, 2.75) is 82.3 Å². The summed E-state index contributed by atoms with van der Waals surface area (Å²) in [7, 11) is 1.24. The summed E-state index contributed by atoms with van der Waals surface area (Å²) in [5.41, 5.74) is 1.68. The van der Waals surface area contributed by atoms with Gasteiger partial charge in [0.1, 0.15) is 30.8 Å². The number of hydrogen-bond donors (Lipinski definition) is 4. The highest BCUT2D eigenvalue weighted by Gasteiger charge is 2.44. The van der Waals surface area contributed by atoms with Gasteiger partial charge in [-0.05, 0) is 62.2 Å². The molecule has 0 saturated carbocycles. The smallest absolute Gasteiger partial charge is 0.408 e. The van der Waals surface area contributed by atoms with Crippen molar-refractivity contribution >= 4 is 48.0 Å². The Morgan fingerprint density at radius 1 is 0.959 bits per heavy atom. The number of thioether (sulfide) groups is 1. The third kappa shape index (κ3) is 12.4. The number of esters is 1. The van der Waals surface area contributed by atoms with Crippen LogP contribution in [0.2, 0.25) is 0 Å². The van der Waals surface area contributed by atoms with Crippen molar-refractivity contribution < 1.29 is 38.2 Å². The summed E-state index contributed by atoms with van der Waals surface area (Å²) < 4.78 is 10.1. The number of carbonyl (C=O) groups is 6. The summed E-state index contributed by atoms with van der Waals surface area (Å²) >= 11 is 1.54. The molecule has 13 nitrogen and oxygen atoms in total. The molecule has 1 saturated heterocycles. The lowest BCUT2D eigenvalue weighted by atomic mass is 10.0. The van der Waals surface area contributed by atoms with E-state index in [0.717, 1.165) is 11.1 Å². The first-order chi connectivity index (χ1) is 23.7. The Balaban J connectivity index is 1.58. The summed E-state index contributed by atoms with van der Waals surface area (Å²) in [5.74, 6) is -1.10. The second-order valence-corrected chi connectivity index (χ2v) is 12.8. The molecule has 0 bridgehead atoms. The van der Waals surface area contributed by atoms with Crippen LogP contribution < -0.4 is 21.3 Å². The Labute approximate surface area is 291 Å². The number of ether oxygens (including phenoxy) is 2. The Kier molecular flexibility index (Phi) is 16.4. The molecule has 3 rings (SSSR count). The molecule has 0 radical (unpaired) electrons. The molecule has 2 aromatic rings. The number of nitrogens with one attached hydrogen (secondary N) is 4. The first-order valence-electron chi connectivity index (χ1n) is 16.4. The maximum Gasteiger partial charge on any atom is 0.408 e. The van der Waals surface area contributed by atoms with Gasteiger partial charge in [-0.15, -0.1) is 0 Å². The molecule has 4 N–H and O–H groups in total. The van der Waals surface area contributed by atoms with Gasteiger partial charge in [0.25, 0.3) is 0 Å². The molecule has 5 amide bonds. The maximum absolute atomic E-state index is 13.7. The fourth-order valence-electron chi connectivity index (χ4n) is 5.67. The number of unbranched alkanes of at least 4 members (excludes halogenated alkanes) is 1. The number of hydrogen-bond acceptors (Lipinski definition) is 9. The predicted octanol–water partition coefficient (Wildman–Crippen LogP) is 2.33. The molecular formula is C35H47N5O8S. The minimum atomic E-state index is -0.924. The van der Waals surface area contributed by atoms with Crippen molar-refractivity contribution in [2.75, 3.05) is 25.7 Å². The van der Waals surface area contributed by atoms with Gasteiger partial charge in [0.2, 0.25) is 24.1 Å². The first-order valence-corrected chi connectivity index (χ1v) is 17.8. The number of carbonyl (C=O) groups excluding carboxylic acids is 6. The van der Waals surface area contributed by atoms with E-state index in [0.29, 0.717) is 37.8 Å². The van der Waals surface area contributed by atoms with Crippen LogP contribution >= 0.6 is 11.8 Å². The van der Waals surface area contributed by atoms with Gasteiger partial charge in [0.05, 0.1) is 7.11 Å². The zero-order valence-corrected chi connectivity index (χ0v) is 29.0. The minimum Gasteiger partial charge on any atom is -0.467 e. The summed E-state index contributed by atoms with van der Waals surface area (Å²) in [6.07, 6.45) is 3.85. The van der Waals surface area contributed by atoms with Crippen LogP contribution in [-0.4, -0.2) is 97.0 Å². The Bertz CT molecular complexity index is 1380. The van der Waals surface area contributed by atoms with Gasteiger partial charge in [-0.1, -0.05) is 60.7 Å². The lowest BCUT2D eigenvalue weighted by molar-refractivity contribution is -0.143. The average molecular weight is 698 g/mol. The van der Waals surface area contributed by atoms with Crippen molar-refractivity contribution in [3.8, 4) is 0 Å². The normalized spacial score (nSPS) is 17.3. The molecule has 1 unspecified atom stereocenters. The predicted molar refractivity (Wildman–Crippen MR) is 185 cm³/mol. The molecule has 1 aliphatic heterocycles. The Morgan fingerprint density at radius 2 is 1.63 bits per heavy atom. The lowest BCUT2D eigenvalue weighted by Crippen LogP contribution is -2.54. The highest BCUT2D eigenvalue weighted by atomic mass is 32.2. The van der Waals surface area contributed by atoms with E-state index in [1.54, 1.807) is 11.8 Å². The molecule has 266 valence electrons. The summed E-state index contributed by atoms with van der Waals surface area (Å²) in [5, 5.41) is 10.8. The van der Waals surface area contributed by atoms with Crippen molar-refractivity contribution in [3.05, 3.63) is 71.8 Å². The van der Waals surface area contributed by atoms with Gasteiger partial charge >= 0.3 is 12.1 Å². The van der Waals surface area contributed by atoms with Crippen LogP contribution in [0.5, 0.6) is 0 Å². The molecule has 0 spiro atoms. The van der Waals surface area contributed by atoms with E-state index >= 15 is 0 Å². The summed E-state index contributed by atoms with van der Waals surface area (Å²) in [4.78, 5) is 77.6. The highest BCUT2D eigenvalue weighted by Crippen LogP contribution is 2.25. The third-order valence-electron chi connectivity index (χ3n) is 8.24. The fourth-order valence-corrected chi connectivity index (χ4v) is 6.14. The van der Waals surface area contributed by atoms with E-state index in [1.807, 2.05) is 73.8 Å². The summed E-state index contributed by atoms with van der Waals surface area (Å²) in [6.45, 7) is 2.16. The number of amides is 5. The largest absolute Gasteiger partial charge is 0.467 e. The quantitative estimate of drug-likeness (QED) is 0.0921. The van der Waals surface area contributed by atoms with Crippen LogP contribution in [0, 0.1) is 0 Å². The molecule has 49 heavy (non-hydrogen) atoms. The van der Waals surface area contributed by atoms with Crippen LogP contribution in [0.4, 0.5) is 4.79 Å². The van der Waals surface area contributed by atoms with Crippen LogP contribution in [0.15, 0.2) is 60.7 Å². The first kappa shape index (κ1) is 38.9. The second kappa shape index (κ2) is 20.7. The molecular weight excluding hydrogens is 650 g/mol. The van der Waals surface area contributed by atoms with Crippen LogP contribution in [-0.2, 0) is 46.5 Å². The summed E-state index contributed by atoms with van der Waals surface area (Å²) in [6, 6.07) is 14.8. The SMILES string of the molecule is COC(=O)[C@H](CCCCNC(=O)[C@H](Cc1ccccc1)N1C(=O)[C@@H](NC(=O)[C@H](CCSC)NC=O)CC1C)NC(=O)OCc1ccccc1. The van der Waals surface area contributed by atoms with Crippen molar-refractivity contribution in [1.82, 2.24) is 26.2 Å². The van der Waals surface area contributed by atoms with E-state index < -0.39 is 42.1 Å². The molecule has 2 aromatic carbocycles. The fraction of sp³-hybridized carbons (Fsp3) is 0.486. The Morgan fingerprint density at radius 3 is 2.27 bits per heavy atom. The van der Waals surface area contributed by atoms with Crippen molar-refractivity contribution in [3.63, 3.8) is 0 Å². The van der Waals surface area contributed by atoms with Gasteiger partial charge in [0.15, 0.2) is 0 Å². The molecule has 1 fully saturated rings. The molecule has 1 aliphatic rings. The van der Waals surface area contributed by atoms with Gasteiger partial charge in [-0.25, -0.2) is 9.59 Å². The second-order valence-electron chi connectivity index (χ2n) is 11.8. The van der Waals surface area contributed by atoms with Gasteiger partial charge in [0, 0.05) is 19.0 Å². The van der Waals surface area contributed by atoms with Gasteiger partial charge < -0.3 is 35.6 Å². The number of likely N-dealkylation sites (tertiary alicyclic amines) is 1. The topological polar surface area (TPSA) is 172 Å². The van der Waals surface area contributed by atoms with Crippen LogP contribution in [0.25, 0.3) is 0 Å². The molecule has 0 aromatic heterocycles. The zero-order chi connectivity index (χ0) is 35.6. The standard InChI is InChI=1S/C35H47N5O8S/c1-24-20-29(38-31(42)27(37-23-41)17-19-49-3)33(44)40(24)30(21-25-12-6-4-7-13-25)32(43)36-18-11-10-16-28(34(45)47-2)39-35(46)48-22-26-14-8-5-9-15-26/h4-9,12-15,23-24,27-30H,10-11,16-22H2,1-3H3,(H,36,43)(H,37,41)(H,38,42)(H,39,46)/t24?,27-,28-,29-,30-/m0/s1. The molecule has 5 atom stereocenters. The van der Waals surface area contributed by atoms with Gasteiger partial charge in [-0.2, -0.15) is 11.8 Å². The van der Waals surface area contributed by atoms with Crippen LogP contribution in [0.3, 0.4) is 0 Å². The lowest BCUT2D eigenvalue weighted by Gasteiger charge is -2.31. The number of nitrogens with zero attached hydrogens (tertiary/aromatic N) is 1. The van der Waals surface area contributed by atoms with Crippen molar-refractivity contribution in [2.24, 2.45) is 0 Å². The van der Waals surface area contributed by atoms with E-state index in [1.165, 1.54) is 12.0 Å². The van der Waals surface area contributed by atoms with Crippen molar-refractivity contribution in [1.29, 1.82) is 0 Å². The van der Waals surface area contributed by atoms with Crippen LogP contribution in [0.1, 0.15) is 50.2 Å². The number of benzene rings is 2. The molecule has 0 aliphatic carbocycles. The minimum absolute atomic E-state index is 0.0537.